The molecule has 1 aliphatic heterocycles. The molecule has 2 aromatic heterocycles. The van der Waals surface area contributed by atoms with E-state index in [9.17, 15) is 4.79 Å². The molecule has 1 aliphatic rings. The average molecular weight is 311 g/mol. The molecule has 0 fully saturated rings. The number of aliphatic imine (C=N–C) groups is 1. The van der Waals surface area contributed by atoms with Gasteiger partial charge in [0.1, 0.15) is 6.54 Å². The van der Waals surface area contributed by atoms with E-state index in [1.165, 1.54) is 11.3 Å². The van der Waals surface area contributed by atoms with Gasteiger partial charge in [-0.05, 0) is 43.0 Å². The molecule has 0 saturated heterocycles. The van der Waals surface area contributed by atoms with Crippen molar-refractivity contribution in [2.75, 3.05) is 0 Å². The summed E-state index contributed by atoms with van der Waals surface area (Å²) >= 11 is 1.47. The van der Waals surface area contributed by atoms with Crippen LogP contribution in [0.1, 0.15) is 21.8 Å². The first-order valence-corrected chi connectivity index (χ1v) is 7.58. The highest BCUT2D eigenvalue weighted by atomic mass is 32.1. The number of thiophene rings is 1. The second-order valence-corrected chi connectivity index (χ2v) is 5.83. The Morgan fingerprint density at radius 3 is 3.00 bits per heavy atom. The number of hydrogen-bond donors (Lipinski definition) is 0. The molecule has 0 saturated carbocycles. The number of ether oxygens (including phenoxy) is 1. The molecule has 0 radical (unpaired) electrons. The molecule has 0 bridgehead atoms. The largest absolute Gasteiger partial charge is 0.401 e. The Hall–Kier alpha value is -2.65. The molecule has 110 valence electrons. The van der Waals surface area contributed by atoms with Crippen LogP contribution in [0.15, 0.2) is 34.3 Å². The van der Waals surface area contributed by atoms with E-state index in [1.807, 2.05) is 42.0 Å². The lowest BCUT2D eigenvalue weighted by molar-refractivity contribution is -0.129. The zero-order valence-electron chi connectivity index (χ0n) is 12.2. The van der Waals surface area contributed by atoms with Crippen LogP contribution in [-0.2, 0) is 16.1 Å². The predicted molar refractivity (Wildman–Crippen MR) is 84.4 cm³/mol. The third-order valence-electron chi connectivity index (χ3n) is 3.49. The molecule has 0 aromatic carbocycles. The molecule has 6 heteroatoms. The minimum absolute atomic E-state index is 0.278. The molecule has 0 unspecified atom stereocenters. The van der Waals surface area contributed by atoms with Gasteiger partial charge in [-0.3, -0.25) is 0 Å². The van der Waals surface area contributed by atoms with Gasteiger partial charge in [0.15, 0.2) is 5.70 Å². The number of hydrogen-bond acceptors (Lipinski definition) is 5. The Morgan fingerprint density at radius 2 is 2.32 bits per heavy atom. The molecule has 0 spiro atoms. The van der Waals surface area contributed by atoms with Gasteiger partial charge in [-0.1, -0.05) is 6.07 Å². The fourth-order valence-electron chi connectivity index (χ4n) is 2.35. The van der Waals surface area contributed by atoms with E-state index in [4.69, 9.17) is 10.00 Å². The normalized spacial score (nSPS) is 15.8. The highest BCUT2D eigenvalue weighted by molar-refractivity contribution is 7.12. The maximum atomic E-state index is 12.0. The van der Waals surface area contributed by atoms with Gasteiger partial charge in [0.2, 0.25) is 5.90 Å². The second kappa shape index (κ2) is 5.62. The van der Waals surface area contributed by atoms with Gasteiger partial charge in [-0.15, -0.1) is 11.3 Å². The predicted octanol–water partition coefficient (Wildman–Crippen LogP) is 3.03. The van der Waals surface area contributed by atoms with Crippen molar-refractivity contribution in [1.29, 1.82) is 5.26 Å². The highest BCUT2D eigenvalue weighted by Crippen LogP contribution is 2.24. The number of cyclic esters (lactones) is 1. The fraction of sp³-hybridized carbons (Fsp3) is 0.188. The SMILES string of the molecule is Cc1cc(/C=C2/N=C(c3cccs3)OC2=O)c(C)n1CC#N. The fourth-order valence-corrected chi connectivity index (χ4v) is 3.00. The summed E-state index contributed by atoms with van der Waals surface area (Å²) in [6, 6.07) is 7.81. The summed E-state index contributed by atoms with van der Waals surface area (Å²) in [4.78, 5) is 17.1. The number of carbonyl (C=O) groups is 1. The van der Waals surface area contributed by atoms with Crippen molar-refractivity contribution in [2.45, 2.75) is 20.4 Å². The molecule has 3 heterocycles. The first-order chi connectivity index (χ1) is 10.6. The first kappa shape index (κ1) is 14.3. The smallest absolute Gasteiger partial charge is 0.363 e. The standard InChI is InChI=1S/C16H13N3O2S/c1-10-8-12(11(2)19(10)6-5-17)9-13-16(20)21-15(18-13)14-4-3-7-22-14/h3-4,7-9H,6H2,1-2H3/b13-9+. The number of esters is 1. The van der Waals surface area contributed by atoms with E-state index in [2.05, 4.69) is 11.1 Å². The summed E-state index contributed by atoms with van der Waals surface area (Å²) in [6.07, 6.45) is 1.71. The monoisotopic (exact) mass is 311 g/mol. The third kappa shape index (κ3) is 2.47. The van der Waals surface area contributed by atoms with Crippen LogP contribution in [0, 0.1) is 25.2 Å². The van der Waals surface area contributed by atoms with Crippen molar-refractivity contribution in [2.24, 2.45) is 4.99 Å². The summed E-state index contributed by atoms with van der Waals surface area (Å²) in [5, 5.41) is 10.8. The number of nitriles is 1. The van der Waals surface area contributed by atoms with Gasteiger partial charge >= 0.3 is 5.97 Å². The zero-order valence-corrected chi connectivity index (χ0v) is 13.0. The van der Waals surface area contributed by atoms with Crippen molar-refractivity contribution in [1.82, 2.24) is 4.57 Å². The van der Waals surface area contributed by atoms with Crippen molar-refractivity contribution in [3.05, 3.63) is 51.1 Å². The van der Waals surface area contributed by atoms with Crippen LogP contribution >= 0.6 is 11.3 Å². The van der Waals surface area contributed by atoms with Crippen LogP contribution in [0.2, 0.25) is 0 Å². The molecular formula is C16H13N3O2S. The second-order valence-electron chi connectivity index (χ2n) is 4.88. The summed E-state index contributed by atoms with van der Waals surface area (Å²) < 4.78 is 7.11. The van der Waals surface area contributed by atoms with E-state index in [0.29, 0.717) is 5.90 Å². The van der Waals surface area contributed by atoms with Gasteiger partial charge < -0.3 is 9.30 Å². The van der Waals surface area contributed by atoms with Crippen LogP contribution in [0.25, 0.3) is 6.08 Å². The Bertz CT molecular complexity index is 836. The molecule has 0 atom stereocenters. The Morgan fingerprint density at radius 1 is 1.50 bits per heavy atom. The number of aryl methyl sites for hydroxylation is 1. The van der Waals surface area contributed by atoms with Crippen LogP contribution in [0.3, 0.4) is 0 Å². The number of rotatable bonds is 3. The summed E-state index contributed by atoms with van der Waals surface area (Å²) in [6.45, 7) is 4.13. The van der Waals surface area contributed by atoms with Gasteiger partial charge in [0.25, 0.3) is 0 Å². The molecule has 22 heavy (non-hydrogen) atoms. The van der Waals surface area contributed by atoms with Gasteiger partial charge in [-0.25, -0.2) is 9.79 Å². The van der Waals surface area contributed by atoms with Crippen molar-refractivity contribution < 1.29 is 9.53 Å². The van der Waals surface area contributed by atoms with Crippen LogP contribution < -0.4 is 0 Å². The molecule has 0 N–H and O–H groups in total. The summed E-state index contributed by atoms with van der Waals surface area (Å²) in [5.41, 5.74) is 3.05. The summed E-state index contributed by atoms with van der Waals surface area (Å²) in [7, 11) is 0. The molecule has 0 amide bonds. The third-order valence-corrected chi connectivity index (χ3v) is 4.34. The lowest BCUT2D eigenvalue weighted by Crippen LogP contribution is -2.03. The number of aromatic nitrogens is 1. The number of nitrogens with zero attached hydrogens (tertiary/aromatic N) is 3. The van der Waals surface area contributed by atoms with Crippen LogP contribution in [-0.4, -0.2) is 16.4 Å². The minimum Gasteiger partial charge on any atom is -0.401 e. The highest BCUT2D eigenvalue weighted by Gasteiger charge is 2.25. The maximum Gasteiger partial charge on any atom is 0.363 e. The molecular weight excluding hydrogens is 298 g/mol. The summed E-state index contributed by atoms with van der Waals surface area (Å²) in [5.74, 6) is -0.106. The lowest BCUT2D eigenvalue weighted by atomic mass is 10.2. The average Bonchev–Trinajstić information content (AvgIpc) is 3.18. The van der Waals surface area contributed by atoms with Gasteiger partial charge in [0.05, 0.1) is 10.9 Å². The lowest BCUT2D eigenvalue weighted by Gasteiger charge is -2.02. The maximum absolute atomic E-state index is 12.0. The molecule has 2 aromatic rings. The molecule has 3 rings (SSSR count). The topological polar surface area (TPSA) is 67.4 Å². The Kier molecular flexibility index (Phi) is 3.65. The van der Waals surface area contributed by atoms with Crippen molar-refractivity contribution in [3.8, 4) is 6.07 Å². The van der Waals surface area contributed by atoms with E-state index in [0.717, 1.165) is 21.8 Å². The van der Waals surface area contributed by atoms with Crippen molar-refractivity contribution >= 4 is 29.3 Å². The van der Waals surface area contributed by atoms with Gasteiger partial charge in [0, 0.05) is 11.4 Å². The quantitative estimate of drug-likeness (QED) is 0.646. The van der Waals surface area contributed by atoms with E-state index < -0.39 is 5.97 Å². The van der Waals surface area contributed by atoms with Gasteiger partial charge in [-0.2, -0.15) is 5.26 Å². The van der Waals surface area contributed by atoms with E-state index >= 15 is 0 Å². The Balaban J connectivity index is 1.97. The molecule has 0 aliphatic carbocycles. The van der Waals surface area contributed by atoms with Crippen molar-refractivity contribution in [3.63, 3.8) is 0 Å². The Labute approximate surface area is 131 Å². The minimum atomic E-state index is -0.450. The van der Waals surface area contributed by atoms with E-state index in [-0.39, 0.29) is 12.2 Å². The van der Waals surface area contributed by atoms with E-state index in [1.54, 1.807) is 6.08 Å². The first-order valence-electron chi connectivity index (χ1n) is 6.70. The zero-order chi connectivity index (χ0) is 15.7. The number of carbonyl (C=O) groups excluding carboxylic acids is 1. The van der Waals surface area contributed by atoms with Crippen LogP contribution in [0.5, 0.6) is 0 Å². The molecule has 5 nitrogen and oxygen atoms in total. The van der Waals surface area contributed by atoms with Crippen LogP contribution in [0.4, 0.5) is 0 Å².